The van der Waals surface area contributed by atoms with E-state index >= 15 is 0 Å². The molecule has 0 spiro atoms. The van der Waals surface area contributed by atoms with Gasteiger partial charge in [0.1, 0.15) is 0 Å². The van der Waals surface area contributed by atoms with Crippen LogP contribution in [-0.4, -0.2) is 35.9 Å². The molecule has 1 saturated heterocycles. The average molecular weight is 187 g/mol. The van der Waals surface area contributed by atoms with Gasteiger partial charge in [-0.05, 0) is 25.3 Å². The second kappa shape index (κ2) is 4.07. The predicted octanol–water partition coefficient (Wildman–Crippen LogP) is 0.0692. The van der Waals surface area contributed by atoms with E-state index in [1.54, 1.807) is 0 Å². The molecule has 1 fully saturated rings. The summed E-state index contributed by atoms with van der Waals surface area (Å²) in [7, 11) is 0. The number of nitrogens with one attached hydrogen (secondary N) is 1. The zero-order valence-corrected chi connectivity index (χ0v) is 7.92. The minimum Gasteiger partial charge on any atom is -0.481 e. The van der Waals surface area contributed by atoms with Crippen LogP contribution in [0.1, 0.15) is 19.8 Å². The summed E-state index contributed by atoms with van der Waals surface area (Å²) in [5.74, 6) is -0.419. The second-order valence-electron chi connectivity index (χ2n) is 4.00. The fourth-order valence-corrected chi connectivity index (χ4v) is 2.04. The van der Waals surface area contributed by atoms with Crippen molar-refractivity contribution in [3.05, 3.63) is 0 Å². The molecular formula is C9H17NO3. The monoisotopic (exact) mass is 187 g/mol. The van der Waals surface area contributed by atoms with E-state index in [0.29, 0.717) is 25.3 Å². The van der Waals surface area contributed by atoms with E-state index in [1.807, 2.05) is 6.92 Å². The van der Waals surface area contributed by atoms with Gasteiger partial charge in [0.05, 0.1) is 5.41 Å². The maximum atomic E-state index is 11.1. The van der Waals surface area contributed by atoms with Crippen molar-refractivity contribution in [3.63, 3.8) is 0 Å². The number of piperidine rings is 1. The third kappa shape index (κ3) is 2.19. The Balaban J connectivity index is 2.70. The Hall–Kier alpha value is -0.610. The Bertz CT molecular complexity index is 191. The predicted molar refractivity (Wildman–Crippen MR) is 48.4 cm³/mol. The van der Waals surface area contributed by atoms with Crippen LogP contribution in [0.5, 0.6) is 0 Å². The molecule has 0 radical (unpaired) electrons. The van der Waals surface area contributed by atoms with Gasteiger partial charge in [0.2, 0.25) is 0 Å². The Kier molecular flexibility index (Phi) is 3.27. The first kappa shape index (κ1) is 10.5. The van der Waals surface area contributed by atoms with Crippen molar-refractivity contribution >= 4 is 5.97 Å². The fraction of sp³-hybridized carbons (Fsp3) is 0.889. The molecule has 0 aromatic carbocycles. The summed E-state index contributed by atoms with van der Waals surface area (Å²) < 4.78 is 0. The SMILES string of the molecule is CC1CNCC(CCO)(C(=O)O)C1. The van der Waals surface area contributed by atoms with Crippen LogP contribution in [0, 0.1) is 11.3 Å². The molecule has 1 aliphatic rings. The number of carboxylic acid groups (broad SMARTS) is 1. The number of rotatable bonds is 3. The van der Waals surface area contributed by atoms with Gasteiger partial charge in [-0.1, -0.05) is 6.92 Å². The maximum Gasteiger partial charge on any atom is 0.311 e. The van der Waals surface area contributed by atoms with E-state index in [9.17, 15) is 4.79 Å². The normalized spacial score (nSPS) is 34.5. The summed E-state index contributed by atoms with van der Waals surface area (Å²) in [6, 6.07) is 0. The molecule has 0 saturated carbocycles. The van der Waals surface area contributed by atoms with Gasteiger partial charge in [-0.3, -0.25) is 4.79 Å². The summed E-state index contributed by atoms with van der Waals surface area (Å²) in [5.41, 5.74) is -0.744. The van der Waals surface area contributed by atoms with Gasteiger partial charge >= 0.3 is 5.97 Å². The lowest BCUT2D eigenvalue weighted by Crippen LogP contribution is -2.49. The van der Waals surface area contributed by atoms with E-state index in [-0.39, 0.29) is 6.61 Å². The van der Waals surface area contributed by atoms with Gasteiger partial charge in [0.15, 0.2) is 0 Å². The second-order valence-corrected chi connectivity index (χ2v) is 4.00. The molecular weight excluding hydrogens is 170 g/mol. The van der Waals surface area contributed by atoms with Gasteiger partial charge in [-0.15, -0.1) is 0 Å². The lowest BCUT2D eigenvalue weighted by molar-refractivity contribution is -0.152. The zero-order valence-electron chi connectivity index (χ0n) is 7.92. The maximum absolute atomic E-state index is 11.1. The fourth-order valence-electron chi connectivity index (χ4n) is 2.04. The van der Waals surface area contributed by atoms with Crippen LogP contribution in [0.4, 0.5) is 0 Å². The summed E-state index contributed by atoms with van der Waals surface area (Å²) >= 11 is 0. The third-order valence-corrected chi connectivity index (χ3v) is 2.74. The van der Waals surface area contributed by atoms with E-state index < -0.39 is 11.4 Å². The molecule has 13 heavy (non-hydrogen) atoms. The van der Waals surface area contributed by atoms with Crippen molar-refractivity contribution in [2.75, 3.05) is 19.7 Å². The molecule has 2 atom stereocenters. The molecule has 3 N–H and O–H groups in total. The first-order chi connectivity index (χ1) is 6.10. The van der Waals surface area contributed by atoms with Crippen molar-refractivity contribution in [3.8, 4) is 0 Å². The highest BCUT2D eigenvalue weighted by molar-refractivity contribution is 5.75. The van der Waals surface area contributed by atoms with Crippen LogP contribution in [0.3, 0.4) is 0 Å². The average Bonchev–Trinajstić information content (AvgIpc) is 2.04. The van der Waals surface area contributed by atoms with Crippen molar-refractivity contribution in [2.24, 2.45) is 11.3 Å². The zero-order chi connectivity index (χ0) is 9.90. The highest BCUT2D eigenvalue weighted by atomic mass is 16.4. The number of hydrogen-bond acceptors (Lipinski definition) is 3. The minimum atomic E-state index is -0.791. The molecule has 0 amide bonds. The summed E-state index contributed by atoms with van der Waals surface area (Å²) in [6.07, 6.45) is 1.01. The van der Waals surface area contributed by atoms with Crippen LogP contribution in [0.2, 0.25) is 0 Å². The van der Waals surface area contributed by atoms with E-state index in [1.165, 1.54) is 0 Å². The van der Waals surface area contributed by atoms with Crippen molar-refractivity contribution in [1.29, 1.82) is 0 Å². The molecule has 1 aliphatic heterocycles. The van der Waals surface area contributed by atoms with Crippen molar-refractivity contribution in [1.82, 2.24) is 5.32 Å². The lowest BCUT2D eigenvalue weighted by Gasteiger charge is -2.36. The number of carboxylic acids is 1. The van der Waals surface area contributed by atoms with Gasteiger partial charge in [-0.2, -0.15) is 0 Å². The summed E-state index contributed by atoms with van der Waals surface area (Å²) in [6.45, 7) is 3.33. The molecule has 4 nitrogen and oxygen atoms in total. The quantitative estimate of drug-likeness (QED) is 0.584. The number of aliphatic carboxylic acids is 1. The van der Waals surface area contributed by atoms with Crippen LogP contribution in [-0.2, 0) is 4.79 Å². The highest BCUT2D eigenvalue weighted by Gasteiger charge is 2.41. The molecule has 4 heteroatoms. The molecule has 1 rings (SSSR count). The smallest absolute Gasteiger partial charge is 0.311 e. The minimum absolute atomic E-state index is 0.0549. The first-order valence-electron chi connectivity index (χ1n) is 4.66. The van der Waals surface area contributed by atoms with Crippen LogP contribution in [0.25, 0.3) is 0 Å². The third-order valence-electron chi connectivity index (χ3n) is 2.74. The van der Waals surface area contributed by atoms with Crippen LogP contribution >= 0.6 is 0 Å². The number of carbonyl (C=O) groups is 1. The molecule has 1 heterocycles. The Morgan fingerprint density at radius 2 is 2.38 bits per heavy atom. The standard InChI is InChI=1S/C9H17NO3/c1-7-4-9(2-3-11,8(12)13)6-10-5-7/h7,10-11H,2-6H2,1H3,(H,12,13). The molecule has 0 bridgehead atoms. The Morgan fingerprint density at radius 1 is 1.69 bits per heavy atom. The lowest BCUT2D eigenvalue weighted by atomic mass is 9.74. The summed E-state index contributed by atoms with van der Waals surface area (Å²) in [4.78, 5) is 11.1. The van der Waals surface area contributed by atoms with Crippen molar-refractivity contribution < 1.29 is 15.0 Å². The van der Waals surface area contributed by atoms with Gasteiger partial charge < -0.3 is 15.5 Å². The van der Waals surface area contributed by atoms with Crippen LogP contribution in [0.15, 0.2) is 0 Å². The van der Waals surface area contributed by atoms with Gasteiger partial charge in [0.25, 0.3) is 0 Å². The Labute approximate surface area is 78.0 Å². The van der Waals surface area contributed by atoms with E-state index in [4.69, 9.17) is 10.2 Å². The van der Waals surface area contributed by atoms with Crippen molar-refractivity contribution in [2.45, 2.75) is 19.8 Å². The van der Waals surface area contributed by atoms with Gasteiger partial charge in [0, 0.05) is 13.2 Å². The largest absolute Gasteiger partial charge is 0.481 e. The molecule has 0 aromatic rings. The Morgan fingerprint density at radius 3 is 2.85 bits per heavy atom. The van der Waals surface area contributed by atoms with E-state index in [0.717, 1.165) is 6.54 Å². The molecule has 0 aliphatic carbocycles. The van der Waals surface area contributed by atoms with Gasteiger partial charge in [-0.25, -0.2) is 0 Å². The summed E-state index contributed by atoms with van der Waals surface area (Å²) in [5, 5.41) is 21.0. The molecule has 0 aromatic heterocycles. The first-order valence-corrected chi connectivity index (χ1v) is 4.66. The number of hydrogen-bond donors (Lipinski definition) is 3. The molecule has 2 unspecified atom stereocenters. The topological polar surface area (TPSA) is 69.6 Å². The number of aliphatic hydroxyl groups is 1. The van der Waals surface area contributed by atoms with E-state index in [2.05, 4.69) is 5.32 Å². The number of aliphatic hydroxyl groups excluding tert-OH is 1. The molecule has 76 valence electrons. The highest BCUT2D eigenvalue weighted by Crippen LogP contribution is 2.32. The van der Waals surface area contributed by atoms with Crippen LogP contribution < -0.4 is 5.32 Å².